The molecule has 0 fully saturated rings. The highest BCUT2D eigenvalue weighted by molar-refractivity contribution is 6.47. The van der Waals surface area contributed by atoms with Crippen LogP contribution in [0.3, 0.4) is 0 Å². The van der Waals surface area contributed by atoms with Crippen LogP contribution < -0.4 is 5.32 Å². The molecule has 1 rings (SSSR count). The number of hydrogen-bond donors (Lipinski definition) is 1. The molecule has 6 nitrogen and oxygen atoms in total. The van der Waals surface area contributed by atoms with Crippen LogP contribution in [0.5, 0.6) is 0 Å². The van der Waals surface area contributed by atoms with Gasteiger partial charge in [-0.05, 0) is 40.7 Å². The Kier molecular flexibility index (Phi) is 8.59. The molecular weight excluding hydrogens is 417 g/mol. The van der Waals surface area contributed by atoms with Crippen LogP contribution in [0.4, 0.5) is 5.69 Å². The second kappa shape index (κ2) is 9.97. The molecule has 0 atom stereocenters. The number of hydrogen-bond acceptors (Lipinski definition) is 6. The van der Waals surface area contributed by atoms with Gasteiger partial charge in [0.25, 0.3) is 0 Å². The van der Waals surface area contributed by atoms with E-state index in [1.54, 1.807) is 27.7 Å². The third-order valence-corrected chi connectivity index (χ3v) is 4.20. The Morgan fingerprint density at radius 2 is 1.56 bits per heavy atom. The van der Waals surface area contributed by atoms with Gasteiger partial charge in [0.05, 0.1) is 33.0 Å². The van der Waals surface area contributed by atoms with E-state index in [0.29, 0.717) is 0 Å². The zero-order valence-corrected chi connectivity index (χ0v) is 17.8. The molecule has 148 valence electrons. The monoisotopic (exact) mass is 435 g/mol. The van der Waals surface area contributed by atoms with E-state index in [1.165, 1.54) is 13.0 Å². The number of ketones is 1. The third kappa shape index (κ3) is 6.41. The molecule has 1 N–H and O–H groups in total. The van der Waals surface area contributed by atoms with E-state index in [4.69, 9.17) is 44.3 Å². The number of nitrogens with one attached hydrogen (secondary N) is 1. The summed E-state index contributed by atoms with van der Waals surface area (Å²) in [5, 5.41) is 2.62. The quantitative estimate of drug-likeness (QED) is 0.212. The Bertz CT molecular complexity index is 788. The first-order chi connectivity index (χ1) is 12.5. The molecule has 0 heterocycles. The van der Waals surface area contributed by atoms with Crippen molar-refractivity contribution in [1.29, 1.82) is 0 Å². The van der Waals surface area contributed by atoms with Crippen LogP contribution in [0.1, 0.15) is 45.0 Å². The van der Waals surface area contributed by atoms with E-state index in [1.807, 2.05) is 0 Å². The summed E-state index contributed by atoms with van der Waals surface area (Å²) in [6.07, 6.45) is 0.344. The Hall–Kier alpha value is -1.76. The summed E-state index contributed by atoms with van der Waals surface area (Å²) >= 11 is 18.4. The third-order valence-electron chi connectivity index (χ3n) is 3.02. The summed E-state index contributed by atoms with van der Waals surface area (Å²) in [5.74, 6) is -2.05. The van der Waals surface area contributed by atoms with Crippen LogP contribution >= 0.6 is 34.8 Å². The highest BCUT2D eigenvalue weighted by Crippen LogP contribution is 2.38. The van der Waals surface area contributed by atoms with Crippen molar-refractivity contribution < 1.29 is 23.9 Å². The normalized spacial score (nSPS) is 11.6. The van der Waals surface area contributed by atoms with Gasteiger partial charge in [0, 0.05) is 6.20 Å². The fraction of sp³-hybridized carbons (Fsp3) is 0.389. The molecule has 0 spiro atoms. The number of ether oxygens (including phenoxy) is 2. The number of Topliss-reactive ketones (excluding diaryl/α,β-unsaturated/α-hetero) is 1. The van der Waals surface area contributed by atoms with Gasteiger partial charge in [-0.3, -0.25) is 4.79 Å². The maximum atomic E-state index is 12.3. The minimum atomic E-state index is -0.791. The molecule has 1 aromatic rings. The number of esters is 2. The summed E-state index contributed by atoms with van der Waals surface area (Å²) < 4.78 is 10.1. The topological polar surface area (TPSA) is 81.7 Å². The summed E-state index contributed by atoms with van der Waals surface area (Å²) in [5.41, 5.74) is -0.181. The minimum absolute atomic E-state index is 0.0433. The molecule has 0 aliphatic carbocycles. The first-order valence-electron chi connectivity index (χ1n) is 8.02. The van der Waals surface area contributed by atoms with Gasteiger partial charge >= 0.3 is 11.9 Å². The van der Waals surface area contributed by atoms with E-state index in [0.717, 1.165) is 6.20 Å². The Labute approximate surface area is 172 Å². The summed E-state index contributed by atoms with van der Waals surface area (Å²) in [6.45, 7) is 7.88. The molecule has 0 aliphatic heterocycles. The minimum Gasteiger partial charge on any atom is -0.459 e. The van der Waals surface area contributed by atoms with E-state index >= 15 is 0 Å². The Morgan fingerprint density at radius 3 is 2.04 bits per heavy atom. The summed E-state index contributed by atoms with van der Waals surface area (Å²) in [6, 6.07) is 1.36. The molecule has 0 amide bonds. The lowest BCUT2D eigenvalue weighted by Gasteiger charge is -2.15. The fourth-order valence-electron chi connectivity index (χ4n) is 1.89. The van der Waals surface area contributed by atoms with Gasteiger partial charge in [-0.2, -0.15) is 0 Å². The lowest BCUT2D eigenvalue weighted by atomic mass is 10.1. The van der Waals surface area contributed by atoms with Gasteiger partial charge in [-0.15, -0.1) is 0 Å². The van der Waals surface area contributed by atoms with Crippen LogP contribution in [-0.2, 0) is 19.1 Å². The SMILES string of the molecule is CC(=O)C(=CNc1cc(Cl)c(Cl)c(C(=O)OC(C)C)c1Cl)C(=O)OC(C)C. The van der Waals surface area contributed by atoms with Gasteiger partial charge in [0.1, 0.15) is 11.1 Å². The van der Waals surface area contributed by atoms with E-state index in [-0.39, 0.29) is 31.9 Å². The van der Waals surface area contributed by atoms with Crippen LogP contribution in [0, 0.1) is 0 Å². The average Bonchev–Trinajstić information content (AvgIpc) is 2.50. The lowest BCUT2D eigenvalue weighted by molar-refractivity contribution is -0.143. The van der Waals surface area contributed by atoms with E-state index < -0.39 is 29.9 Å². The Balaban J connectivity index is 3.30. The smallest absolute Gasteiger partial charge is 0.343 e. The predicted molar refractivity (Wildman–Crippen MR) is 106 cm³/mol. The second-order valence-electron chi connectivity index (χ2n) is 6.08. The van der Waals surface area contributed by atoms with Crippen molar-refractivity contribution in [1.82, 2.24) is 0 Å². The summed E-state index contributed by atoms with van der Waals surface area (Å²) in [7, 11) is 0. The molecule has 27 heavy (non-hydrogen) atoms. The molecule has 0 saturated heterocycles. The Morgan fingerprint density at radius 1 is 1.00 bits per heavy atom. The fourth-order valence-corrected chi connectivity index (χ4v) is 2.65. The van der Waals surface area contributed by atoms with Crippen molar-refractivity contribution >= 4 is 58.2 Å². The molecule has 0 unspecified atom stereocenters. The lowest BCUT2D eigenvalue weighted by Crippen LogP contribution is -2.19. The average molecular weight is 437 g/mol. The molecule has 0 aliphatic rings. The zero-order valence-electron chi connectivity index (χ0n) is 15.5. The molecular formula is C18H20Cl3NO5. The zero-order chi connectivity index (χ0) is 20.9. The standard InChI is InChI=1S/C18H20Cl3NO5/c1-8(2)26-17(24)11(10(5)23)7-22-13-6-12(19)15(20)14(16(13)21)18(25)27-9(3)4/h6-9,22H,1-5H3. The van der Waals surface area contributed by atoms with Gasteiger partial charge in [-0.1, -0.05) is 34.8 Å². The second-order valence-corrected chi connectivity index (χ2v) is 7.24. The molecule has 0 bridgehead atoms. The first kappa shape index (κ1) is 23.3. The number of carbonyl (C=O) groups excluding carboxylic acids is 3. The van der Waals surface area contributed by atoms with Crippen molar-refractivity contribution in [3.05, 3.63) is 38.5 Å². The largest absolute Gasteiger partial charge is 0.459 e. The maximum Gasteiger partial charge on any atom is 0.343 e. The van der Waals surface area contributed by atoms with Crippen molar-refractivity contribution in [2.45, 2.75) is 46.8 Å². The van der Waals surface area contributed by atoms with E-state index in [9.17, 15) is 14.4 Å². The highest BCUT2D eigenvalue weighted by atomic mass is 35.5. The molecule has 1 aromatic carbocycles. The number of rotatable bonds is 7. The van der Waals surface area contributed by atoms with Gasteiger partial charge in [0.15, 0.2) is 5.78 Å². The van der Waals surface area contributed by atoms with Crippen molar-refractivity contribution in [3.63, 3.8) is 0 Å². The molecule has 0 radical (unpaired) electrons. The van der Waals surface area contributed by atoms with Crippen LogP contribution in [0.2, 0.25) is 15.1 Å². The maximum absolute atomic E-state index is 12.3. The number of carbonyl (C=O) groups is 3. The van der Waals surface area contributed by atoms with Crippen LogP contribution in [0.25, 0.3) is 0 Å². The van der Waals surface area contributed by atoms with Gasteiger partial charge in [-0.25, -0.2) is 9.59 Å². The molecule has 0 saturated carbocycles. The first-order valence-corrected chi connectivity index (χ1v) is 9.16. The summed E-state index contributed by atoms with van der Waals surface area (Å²) in [4.78, 5) is 36.0. The van der Waals surface area contributed by atoms with E-state index in [2.05, 4.69) is 5.32 Å². The molecule has 0 aromatic heterocycles. The number of benzene rings is 1. The van der Waals surface area contributed by atoms with Crippen molar-refractivity contribution in [2.24, 2.45) is 0 Å². The predicted octanol–water partition coefficient (Wildman–Crippen LogP) is 5.05. The van der Waals surface area contributed by atoms with Gasteiger partial charge in [0.2, 0.25) is 0 Å². The van der Waals surface area contributed by atoms with Crippen LogP contribution in [0.15, 0.2) is 17.8 Å². The van der Waals surface area contributed by atoms with Gasteiger partial charge < -0.3 is 14.8 Å². The van der Waals surface area contributed by atoms with Crippen molar-refractivity contribution in [2.75, 3.05) is 5.32 Å². The van der Waals surface area contributed by atoms with Crippen LogP contribution in [-0.4, -0.2) is 29.9 Å². The molecule has 9 heteroatoms. The number of halogens is 3. The number of anilines is 1. The highest BCUT2D eigenvalue weighted by Gasteiger charge is 2.23. The van der Waals surface area contributed by atoms with Crippen molar-refractivity contribution in [3.8, 4) is 0 Å².